The molecule has 0 aliphatic carbocycles. The number of carbonyl (C=O) groups excluding carboxylic acids is 2. The van der Waals surface area contributed by atoms with Gasteiger partial charge < -0.3 is 15.5 Å². The van der Waals surface area contributed by atoms with E-state index in [2.05, 4.69) is 29.4 Å². The van der Waals surface area contributed by atoms with Gasteiger partial charge in [-0.15, -0.1) is 0 Å². The first-order chi connectivity index (χ1) is 9.56. The maximum atomic E-state index is 11.8. The average molecular weight is 282 g/mol. The smallest absolute Gasteiger partial charge is 0.317 e. The molecule has 0 aromatic rings. The molecule has 0 atom stereocenters. The Balaban J connectivity index is 1.69. The van der Waals surface area contributed by atoms with Gasteiger partial charge in [0.05, 0.1) is 6.54 Å². The molecule has 2 aliphatic rings. The van der Waals surface area contributed by atoms with Gasteiger partial charge in [-0.2, -0.15) is 0 Å². The van der Waals surface area contributed by atoms with Crippen molar-refractivity contribution in [2.45, 2.75) is 32.7 Å². The van der Waals surface area contributed by atoms with E-state index >= 15 is 0 Å². The van der Waals surface area contributed by atoms with Gasteiger partial charge in [0.25, 0.3) is 0 Å². The summed E-state index contributed by atoms with van der Waals surface area (Å²) in [4.78, 5) is 27.5. The van der Waals surface area contributed by atoms with Crippen LogP contribution in [0.25, 0.3) is 0 Å². The second-order valence-electron chi connectivity index (χ2n) is 6.13. The largest absolute Gasteiger partial charge is 0.355 e. The zero-order valence-corrected chi connectivity index (χ0v) is 12.5. The van der Waals surface area contributed by atoms with E-state index in [0.717, 1.165) is 45.6 Å². The Bertz CT molecular complexity index is 351. The number of likely N-dealkylation sites (tertiary alicyclic amines) is 1. The predicted molar refractivity (Wildman–Crippen MR) is 77.4 cm³/mol. The summed E-state index contributed by atoms with van der Waals surface area (Å²) >= 11 is 0. The summed E-state index contributed by atoms with van der Waals surface area (Å²) in [6.45, 7) is 8.76. The van der Waals surface area contributed by atoms with Crippen LogP contribution in [0.5, 0.6) is 0 Å². The minimum Gasteiger partial charge on any atom is -0.355 e. The van der Waals surface area contributed by atoms with Crippen LogP contribution in [0.1, 0.15) is 26.7 Å². The van der Waals surface area contributed by atoms with Crippen LogP contribution in [-0.4, -0.2) is 67.0 Å². The lowest BCUT2D eigenvalue weighted by Gasteiger charge is -2.35. The number of carbonyl (C=O) groups is 2. The SMILES string of the molecule is CC(C)CNC(=O)CN1CCC(N2CCNC2=O)CC1. The minimum absolute atomic E-state index is 0.0677. The number of nitrogens with zero attached hydrogens (tertiary/aromatic N) is 2. The molecule has 0 bridgehead atoms. The molecule has 2 N–H and O–H groups in total. The summed E-state index contributed by atoms with van der Waals surface area (Å²) < 4.78 is 0. The Morgan fingerprint density at radius 2 is 2.05 bits per heavy atom. The molecule has 2 heterocycles. The summed E-state index contributed by atoms with van der Waals surface area (Å²) in [6, 6.07) is 0.408. The lowest BCUT2D eigenvalue weighted by atomic mass is 10.0. The highest BCUT2D eigenvalue weighted by atomic mass is 16.2. The number of amides is 3. The van der Waals surface area contributed by atoms with E-state index < -0.39 is 0 Å². The number of hydrogen-bond acceptors (Lipinski definition) is 3. The normalized spacial score (nSPS) is 21.4. The van der Waals surface area contributed by atoms with Crippen LogP contribution in [0.4, 0.5) is 4.79 Å². The lowest BCUT2D eigenvalue weighted by molar-refractivity contribution is -0.122. The van der Waals surface area contributed by atoms with Gasteiger partial charge >= 0.3 is 6.03 Å². The summed E-state index contributed by atoms with van der Waals surface area (Å²) in [5.74, 6) is 0.592. The molecule has 0 radical (unpaired) electrons. The molecule has 3 amide bonds. The summed E-state index contributed by atoms with van der Waals surface area (Å²) in [5, 5.41) is 5.79. The van der Waals surface area contributed by atoms with Crippen LogP contribution in [0.15, 0.2) is 0 Å². The molecular weight excluding hydrogens is 256 g/mol. The third kappa shape index (κ3) is 4.10. The van der Waals surface area contributed by atoms with E-state index in [1.54, 1.807) is 0 Å². The molecule has 0 aromatic carbocycles. The van der Waals surface area contributed by atoms with E-state index in [4.69, 9.17) is 0 Å². The van der Waals surface area contributed by atoms with Crippen LogP contribution >= 0.6 is 0 Å². The molecule has 0 spiro atoms. The highest BCUT2D eigenvalue weighted by molar-refractivity contribution is 5.78. The molecule has 0 saturated carbocycles. The highest BCUT2D eigenvalue weighted by Gasteiger charge is 2.30. The maximum absolute atomic E-state index is 11.8. The molecule has 6 nitrogen and oxygen atoms in total. The van der Waals surface area contributed by atoms with Crippen molar-refractivity contribution in [1.29, 1.82) is 0 Å². The molecule has 0 unspecified atom stereocenters. The molecule has 2 rings (SSSR count). The first-order valence-corrected chi connectivity index (χ1v) is 7.60. The fraction of sp³-hybridized carbons (Fsp3) is 0.857. The summed E-state index contributed by atoms with van der Waals surface area (Å²) in [5.41, 5.74) is 0. The van der Waals surface area contributed by atoms with Gasteiger partial charge in [0.2, 0.25) is 5.91 Å². The monoisotopic (exact) mass is 282 g/mol. The molecule has 20 heavy (non-hydrogen) atoms. The molecule has 0 aromatic heterocycles. The highest BCUT2D eigenvalue weighted by Crippen LogP contribution is 2.17. The second-order valence-corrected chi connectivity index (χ2v) is 6.13. The van der Waals surface area contributed by atoms with Crippen LogP contribution in [-0.2, 0) is 4.79 Å². The quantitative estimate of drug-likeness (QED) is 0.759. The maximum Gasteiger partial charge on any atom is 0.317 e. The number of nitrogens with one attached hydrogen (secondary N) is 2. The van der Waals surface area contributed by atoms with E-state index in [0.29, 0.717) is 18.5 Å². The Kier molecular flexibility index (Phi) is 5.23. The van der Waals surface area contributed by atoms with Gasteiger partial charge in [-0.1, -0.05) is 13.8 Å². The molecule has 2 saturated heterocycles. The molecule has 2 aliphatic heterocycles. The van der Waals surface area contributed by atoms with Gasteiger partial charge in [-0.3, -0.25) is 9.69 Å². The zero-order valence-electron chi connectivity index (χ0n) is 12.5. The standard InChI is InChI=1S/C14H26N4O2/c1-11(2)9-16-13(19)10-17-6-3-12(4-7-17)18-8-5-15-14(18)20/h11-12H,3-10H2,1-2H3,(H,15,20)(H,16,19). The number of urea groups is 1. The molecule has 6 heteroatoms. The Morgan fingerprint density at radius 3 is 2.60 bits per heavy atom. The number of hydrogen-bond donors (Lipinski definition) is 2. The molecular formula is C14H26N4O2. The second kappa shape index (κ2) is 6.92. The van der Waals surface area contributed by atoms with Crippen LogP contribution in [0.2, 0.25) is 0 Å². The predicted octanol–water partition coefficient (Wildman–Crippen LogP) is 0.248. The zero-order chi connectivity index (χ0) is 14.5. The van der Waals surface area contributed by atoms with Gasteiger partial charge in [0.15, 0.2) is 0 Å². The van der Waals surface area contributed by atoms with Crippen molar-refractivity contribution < 1.29 is 9.59 Å². The van der Waals surface area contributed by atoms with E-state index in [1.807, 2.05) is 4.90 Å². The van der Waals surface area contributed by atoms with E-state index in [9.17, 15) is 9.59 Å². The third-order valence-corrected chi connectivity index (χ3v) is 3.96. The molecule has 114 valence electrons. The Hall–Kier alpha value is -1.30. The minimum atomic E-state index is 0.0677. The summed E-state index contributed by atoms with van der Waals surface area (Å²) in [7, 11) is 0. The van der Waals surface area contributed by atoms with Crippen LogP contribution in [0.3, 0.4) is 0 Å². The fourth-order valence-electron chi connectivity index (χ4n) is 2.80. The van der Waals surface area contributed by atoms with E-state index in [1.165, 1.54) is 0 Å². The Morgan fingerprint density at radius 1 is 1.35 bits per heavy atom. The first-order valence-electron chi connectivity index (χ1n) is 7.60. The van der Waals surface area contributed by atoms with Gasteiger partial charge in [-0.05, 0) is 18.8 Å². The van der Waals surface area contributed by atoms with Crippen molar-refractivity contribution in [2.75, 3.05) is 39.3 Å². The van der Waals surface area contributed by atoms with Crippen molar-refractivity contribution in [3.05, 3.63) is 0 Å². The first kappa shape index (κ1) is 15.1. The van der Waals surface area contributed by atoms with Crippen molar-refractivity contribution in [3.63, 3.8) is 0 Å². The topological polar surface area (TPSA) is 64.7 Å². The van der Waals surface area contributed by atoms with E-state index in [-0.39, 0.29) is 11.9 Å². The molecule has 2 fully saturated rings. The van der Waals surface area contributed by atoms with Crippen LogP contribution < -0.4 is 10.6 Å². The average Bonchev–Trinajstić information content (AvgIpc) is 2.84. The van der Waals surface area contributed by atoms with Crippen molar-refractivity contribution in [3.8, 4) is 0 Å². The van der Waals surface area contributed by atoms with Crippen molar-refractivity contribution >= 4 is 11.9 Å². The number of rotatable bonds is 5. The number of piperidine rings is 1. The van der Waals surface area contributed by atoms with Gasteiger partial charge in [-0.25, -0.2) is 4.79 Å². The third-order valence-electron chi connectivity index (χ3n) is 3.96. The van der Waals surface area contributed by atoms with Crippen molar-refractivity contribution in [1.82, 2.24) is 20.4 Å². The van der Waals surface area contributed by atoms with Crippen molar-refractivity contribution in [2.24, 2.45) is 5.92 Å². The van der Waals surface area contributed by atoms with Gasteiger partial charge in [0.1, 0.15) is 0 Å². The Labute approximate surface area is 120 Å². The lowest BCUT2D eigenvalue weighted by Crippen LogP contribution is -2.48. The van der Waals surface area contributed by atoms with Crippen LogP contribution in [0, 0.1) is 5.92 Å². The fourth-order valence-corrected chi connectivity index (χ4v) is 2.80. The summed E-state index contributed by atoms with van der Waals surface area (Å²) in [6.07, 6.45) is 1.93. The van der Waals surface area contributed by atoms with Gasteiger partial charge in [0, 0.05) is 38.8 Å².